The zero-order valence-electron chi connectivity index (χ0n) is 19.8. The van der Waals surface area contributed by atoms with Gasteiger partial charge < -0.3 is 5.32 Å². The third kappa shape index (κ3) is 5.02. The predicted octanol–water partition coefficient (Wildman–Crippen LogP) is 5.33. The Balaban J connectivity index is 1.70. The number of carbonyl (C=O) groups is 1. The first-order chi connectivity index (χ1) is 16.6. The van der Waals surface area contributed by atoms with Gasteiger partial charge in [0.05, 0.1) is 33.4 Å². The van der Waals surface area contributed by atoms with E-state index in [9.17, 15) is 17.6 Å². The highest BCUT2D eigenvalue weighted by molar-refractivity contribution is 7.92. The van der Waals surface area contributed by atoms with Crippen molar-refractivity contribution in [2.45, 2.75) is 44.6 Å². The molecule has 0 saturated carbocycles. The van der Waals surface area contributed by atoms with Gasteiger partial charge in [-0.1, -0.05) is 26.0 Å². The van der Waals surface area contributed by atoms with Crippen LogP contribution in [0.2, 0.25) is 0 Å². The second-order valence-electron chi connectivity index (χ2n) is 8.73. The summed E-state index contributed by atoms with van der Waals surface area (Å²) in [6, 6.07) is 12.7. The van der Waals surface area contributed by atoms with E-state index < -0.39 is 21.7 Å². The molecule has 0 atom stereocenters. The van der Waals surface area contributed by atoms with Gasteiger partial charge in [-0.15, -0.1) is 0 Å². The Labute approximate surface area is 203 Å². The van der Waals surface area contributed by atoms with Crippen LogP contribution in [0.5, 0.6) is 0 Å². The molecule has 182 valence electrons. The van der Waals surface area contributed by atoms with E-state index in [1.54, 1.807) is 35.1 Å². The number of hydrogen-bond donors (Lipinski definition) is 2. The van der Waals surface area contributed by atoms with E-state index in [2.05, 4.69) is 15.1 Å². The third-order valence-corrected chi connectivity index (χ3v) is 6.84. The lowest BCUT2D eigenvalue weighted by molar-refractivity contribution is 0.102. The van der Waals surface area contributed by atoms with Crippen molar-refractivity contribution in [1.29, 1.82) is 0 Å². The maximum atomic E-state index is 13.4. The number of pyridine rings is 1. The fourth-order valence-electron chi connectivity index (χ4n) is 3.59. The number of hydrogen-bond acceptors (Lipinski definition) is 5. The maximum absolute atomic E-state index is 13.4. The van der Waals surface area contributed by atoms with Gasteiger partial charge in [-0.25, -0.2) is 22.5 Å². The molecule has 0 unspecified atom stereocenters. The number of benzene rings is 2. The van der Waals surface area contributed by atoms with Crippen LogP contribution in [0.1, 0.15) is 55.7 Å². The second kappa shape index (κ2) is 9.46. The summed E-state index contributed by atoms with van der Waals surface area (Å²) >= 11 is 0. The number of halogens is 1. The van der Waals surface area contributed by atoms with E-state index in [-0.39, 0.29) is 28.2 Å². The highest BCUT2D eigenvalue weighted by Gasteiger charge is 2.21. The average molecular weight is 496 g/mol. The maximum Gasteiger partial charge on any atom is 0.261 e. The van der Waals surface area contributed by atoms with Gasteiger partial charge in [0, 0.05) is 11.7 Å². The van der Waals surface area contributed by atoms with E-state index in [1.807, 2.05) is 27.7 Å². The molecule has 0 aliphatic heterocycles. The Hall–Kier alpha value is -3.79. The zero-order valence-corrected chi connectivity index (χ0v) is 20.6. The molecular weight excluding hydrogens is 469 g/mol. The number of fused-ring (bicyclic) bond motifs is 1. The molecular formula is C25H26FN5O3S. The first-order valence-electron chi connectivity index (χ1n) is 11.1. The Bertz CT molecular complexity index is 1500. The molecule has 2 aromatic heterocycles. The van der Waals surface area contributed by atoms with Crippen LogP contribution in [-0.2, 0) is 10.0 Å². The summed E-state index contributed by atoms with van der Waals surface area (Å²) in [4.78, 5) is 18.0. The summed E-state index contributed by atoms with van der Waals surface area (Å²) in [5.41, 5.74) is 2.20. The minimum absolute atomic E-state index is 0.0555. The third-order valence-electron chi connectivity index (χ3n) is 5.46. The van der Waals surface area contributed by atoms with Crippen molar-refractivity contribution in [2.24, 2.45) is 0 Å². The predicted molar refractivity (Wildman–Crippen MR) is 134 cm³/mol. The van der Waals surface area contributed by atoms with E-state index >= 15 is 0 Å². The molecule has 0 aliphatic carbocycles. The van der Waals surface area contributed by atoms with Gasteiger partial charge >= 0.3 is 0 Å². The molecule has 2 aromatic carbocycles. The fourth-order valence-corrected chi connectivity index (χ4v) is 4.67. The Morgan fingerprint density at radius 3 is 2.29 bits per heavy atom. The number of anilines is 2. The van der Waals surface area contributed by atoms with E-state index in [0.717, 1.165) is 17.8 Å². The summed E-state index contributed by atoms with van der Waals surface area (Å²) in [6.07, 6.45) is 1.62. The first-order valence-corrected chi connectivity index (χ1v) is 12.6. The van der Waals surface area contributed by atoms with Gasteiger partial charge in [0.15, 0.2) is 5.65 Å². The lowest BCUT2D eigenvalue weighted by atomic mass is 10.0. The fraction of sp³-hybridized carbons (Fsp3) is 0.240. The van der Waals surface area contributed by atoms with Gasteiger partial charge in [-0.2, -0.15) is 5.10 Å². The number of para-hydroxylation sites is 2. The van der Waals surface area contributed by atoms with Crippen LogP contribution in [-0.4, -0.2) is 29.1 Å². The molecule has 8 nitrogen and oxygen atoms in total. The van der Waals surface area contributed by atoms with E-state index in [0.29, 0.717) is 16.6 Å². The van der Waals surface area contributed by atoms with Crippen LogP contribution in [0.15, 0.2) is 65.7 Å². The van der Waals surface area contributed by atoms with E-state index in [1.165, 1.54) is 18.2 Å². The number of carbonyl (C=O) groups excluding carboxylic acids is 1. The van der Waals surface area contributed by atoms with Crippen molar-refractivity contribution < 1.29 is 17.6 Å². The molecule has 0 fully saturated rings. The van der Waals surface area contributed by atoms with Crippen molar-refractivity contribution in [3.8, 4) is 0 Å². The van der Waals surface area contributed by atoms with Gasteiger partial charge in [0.1, 0.15) is 5.82 Å². The monoisotopic (exact) mass is 495 g/mol. The van der Waals surface area contributed by atoms with Crippen molar-refractivity contribution >= 4 is 38.3 Å². The number of sulfonamides is 1. The summed E-state index contributed by atoms with van der Waals surface area (Å²) < 4.78 is 43.1. The molecule has 4 aromatic rings. The molecule has 0 radical (unpaired) electrons. The molecule has 2 N–H and O–H groups in total. The SMILES string of the molecule is CC(C)c1cc(C(=O)Nc2ccccc2NS(=O)(=O)c2ccc(F)cc2)c2cnn(C(C)C)c2n1. The first kappa shape index (κ1) is 24.3. The smallest absolute Gasteiger partial charge is 0.261 e. The van der Waals surface area contributed by atoms with Crippen LogP contribution < -0.4 is 10.0 Å². The molecule has 0 saturated heterocycles. The van der Waals surface area contributed by atoms with Gasteiger partial charge in [-0.3, -0.25) is 9.52 Å². The van der Waals surface area contributed by atoms with Crippen molar-refractivity contribution in [2.75, 3.05) is 10.0 Å². The van der Waals surface area contributed by atoms with Crippen molar-refractivity contribution in [3.05, 3.63) is 77.9 Å². The Kier molecular flexibility index (Phi) is 6.58. The highest BCUT2D eigenvalue weighted by atomic mass is 32.2. The molecule has 2 heterocycles. The lowest BCUT2D eigenvalue weighted by Gasteiger charge is -2.15. The van der Waals surface area contributed by atoms with Gasteiger partial charge in [-0.05, 0) is 62.2 Å². The van der Waals surface area contributed by atoms with Crippen LogP contribution in [0.25, 0.3) is 11.0 Å². The minimum atomic E-state index is -4.00. The molecule has 35 heavy (non-hydrogen) atoms. The average Bonchev–Trinajstić information content (AvgIpc) is 3.24. The molecule has 4 rings (SSSR count). The topological polar surface area (TPSA) is 106 Å². The van der Waals surface area contributed by atoms with Gasteiger partial charge in [0.2, 0.25) is 0 Å². The van der Waals surface area contributed by atoms with Crippen LogP contribution in [0.4, 0.5) is 15.8 Å². The number of aromatic nitrogens is 3. The number of amides is 1. The van der Waals surface area contributed by atoms with Crippen LogP contribution in [0, 0.1) is 5.82 Å². The molecule has 0 spiro atoms. The molecule has 1 amide bonds. The van der Waals surface area contributed by atoms with E-state index in [4.69, 9.17) is 4.98 Å². The minimum Gasteiger partial charge on any atom is -0.320 e. The Morgan fingerprint density at radius 1 is 1.00 bits per heavy atom. The summed E-state index contributed by atoms with van der Waals surface area (Å²) in [5, 5.41) is 7.82. The standard InChI is InChI=1S/C25H26FN5O3S/c1-15(2)23-13-19(20-14-27-31(16(3)4)24(20)28-23)25(32)29-21-7-5-6-8-22(21)30-35(33,34)18-11-9-17(26)10-12-18/h5-16,30H,1-4H3,(H,29,32). The highest BCUT2D eigenvalue weighted by Crippen LogP contribution is 2.28. The molecule has 0 bridgehead atoms. The number of nitrogens with one attached hydrogen (secondary N) is 2. The summed E-state index contributed by atoms with van der Waals surface area (Å²) in [5.74, 6) is -0.880. The zero-order chi connectivity index (χ0) is 25.3. The quantitative estimate of drug-likeness (QED) is 0.361. The van der Waals surface area contributed by atoms with Crippen molar-refractivity contribution in [3.63, 3.8) is 0 Å². The summed E-state index contributed by atoms with van der Waals surface area (Å²) in [7, 11) is -4.00. The lowest BCUT2D eigenvalue weighted by Crippen LogP contribution is -2.18. The number of rotatable bonds is 7. The molecule has 0 aliphatic rings. The molecule has 10 heteroatoms. The second-order valence-corrected chi connectivity index (χ2v) is 10.4. The van der Waals surface area contributed by atoms with Crippen molar-refractivity contribution in [1.82, 2.24) is 14.8 Å². The largest absolute Gasteiger partial charge is 0.320 e. The van der Waals surface area contributed by atoms with Crippen LogP contribution in [0.3, 0.4) is 0 Å². The Morgan fingerprint density at radius 2 is 1.66 bits per heavy atom. The number of nitrogens with zero attached hydrogens (tertiary/aromatic N) is 3. The summed E-state index contributed by atoms with van der Waals surface area (Å²) in [6.45, 7) is 7.95. The van der Waals surface area contributed by atoms with Crippen LogP contribution >= 0.6 is 0 Å². The van der Waals surface area contributed by atoms with Gasteiger partial charge in [0.25, 0.3) is 15.9 Å². The normalized spacial score (nSPS) is 11.9.